The lowest BCUT2D eigenvalue weighted by Crippen LogP contribution is -2.24. The van der Waals surface area contributed by atoms with Crippen LogP contribution in [0.5, 0.6) is 5.75 Å². The van der Waals surface area contributed by atoms with Crippen LogP contribution in [0, 0.1) is 5.92 Å². The van der Waals surface area contributed by atoms with Gasteiger partial charge in [-0.05, 0) is 74.9 Å². The number of ketones is 1. The molecule has 0 atom stereocenters. The fourth-order valence-corrected chi connectivity index (χ4v) is 5.51. The number of thiophene rings is 1. The number of azo groups is 2. The third kappa shape index (κ3) is 8.98. The van der Waals surface area contributed by atoms with Crippen LogP contribution in [0.3, 0.4) is 0 Å². The fraction of sp³-hybridized carbons (Fsp3) is 0.345. The van der Waals surface area contributed by atoms with E-state index in [1.807, 2.05) is 30.3 Å². The molecule has 4 aromatic rings. The molecule has 0 aliphatic heterocycles. The Morgan fingerprint density at radius 2 is 1.63 bits per heavy atom. The van der Waals surface area contributed by atoms with Gasteiger partial charge in [0.25, 0.3) is 0 Å². The van der Waals surface area contributed by atoms with Gasteiger partial charge in [0.1, 0.15) is 21.4 Å². The second-order valence-corrected chi connectivity index (χ2v) is 11.4. The van der Waals surface area contributed by atoms with E-state index in [9.17, 15) is 9.59 Å². The molecule has 0 N–H and O–H groups in total. The lowest BCUT2D eigenvalue weighted by Gasteiger charge is -2.22. The molecule has 2 aromatic heterocycles. The van der Waals surface area contributed by atoms with Gasteiger partial charge in [0.2, 0.25) is 11.9 Å². The van der Waals surface area contributed by atoms with Gasteiger partial charge in [0.15, 0.2) is 0 Å². The maximum Gasteiger partial charge on any atom is 0.311 e. The number of carbonyl (C=O) groups excluding carboxylic acids is 2. The molecule has 10 nitrogen and oxygen atoms in total. The summed E-state index contributed by atoms with van der Waals surface area (Å²) in [6.45, 7) is 8.85. The third-order valence-electron chi connectivity index (χ3n) is 5.87. The van der Waals surface area contributed by atoms with Crippen LogP contribution >= 0.6 is 22.7 Å². The summed E-state index contributed by atoms with van der Waals surface area (Å²) < 4.78 is 11.4. The molecule has 2 aromatic carbocycles. The number of thiazole rings is 1. The molecule has 0 saturated heterocycles. The minimum absolute atomic E-state index is 0.133. The predicted molar refractivity (Wildman–Crippen MR) is 163 cm³/mol. The van der Waals surface area contributed by atoms with E-state index < -0.39 is 0 Å². The summed E-state index contributed by atoms with van der Waals surface area (Å²) in [6.07, 6.45) is 1.44. The molecule has 0 radical (unpaired) electrons. The SMILES string of the molecule is CCN(CCCC(C)=O)c1ccc(N=Nc2nc3sc(N=Nc4ccc(OCOC(=O)C(C)C)cc4)cc3s2)cc1. The van der Waals surface area contributed by atoms with E-state index >= 15 is 0 Å². The van der Waals surface area contributed by atoms with E-state index in [-0.39, 0.29) is 24.5 Å². The van der Waals surface area contributed by atoms with E-state index in [2.05, 4.69) is 37.3 Å². The van der Waals surface area contributed by atoms with Crippen molar-refractivity contribution < 1.29 is 19.1 Å². The molecule has 0 unspecified atom stereocenters. The molecular weight excluding hydrogens is 560 g/mol. The Labute approximate surface area is 246 Å². The number of rotatable bonds is 14. The lowest BCUT2D eigenvalue weighted by molar-refractivity contribution is -0.153. The van der Waals surface area contributed by atoms with Crippen LogP contribution in [-0.4, -0.2) is 36.6 Å². The van der Waals surface area contributed by atoms with Crippen molar-refractivity contribution in [3.63, 3.8) is 0 Å². The quantitative estimate of drug-likeness (QED) is 0.0819. The van der Waals surface area contributed by atoms with Crippen molar-refractivity contribution in [1.82, 2.24) is 4.98 Å². The zero-order chi connectivity index (χ0) is 29.2. The Bertz CT molecular complexity index is 1480. The first kappa shape index (κ1) is 29.9. The Hall–Kier alpha value is -4.03. The zero-order valence-electron chi connectivity index (χ0n) is 23.4. The Balaban J connectivity index is 1.30. The Morgan fingerprint density at radius 1 is 0.951 bits per heavy atom. The van der Waals surface area contributed by atoms with E-state index in [4.69, 9.17) is 9.47 Å². The highest BCUT2D eigenvalue weighted by atomic mass is 32.1. The number of fused-ring (bicyclic) bond motifs is 1. The summed E-state index contributed by atoms with van der Waals surface area (Å²) >= 11 is 2.88. The number of hydrogen-bond donors (Lipinski definition) is 0. The zero-order valence-corrected chi connectivity index (χ0v) is 25.1. The number of hydrogen-bond acceptors (Lipinski definition) is 12. The van der Waals surface area contributed by atoms with Crippen LogP contribution in [0.25, 0.3) is 9.53 Å². The van der Waals surface area contributed by atoms with Crippen LogP contribution in [0.1, 0.15) is 40.5 Å². The molecule has 41 heavy (non-hydrogen) atoms. The number of carbonyl (C=O) groups is 2. The van der Waals surface area contributed by atoms with Gasteiger partial charge < -0.3 is 19.2 Å². The topological polar surface area (TPSA) is 118 Å². The molecule has 0 aliphatic carbocycles. The summed E-state index contributed by atoms with van der Waals surface area (Å²) in [4.78, 5) is 30.3. The molecule has 0 amide bonds. The first-order valence-electron chi connectivity index (χ1n) is 13.3. The molecule has 4 rings (SSSR count). The van der Waals surface area contributed by atoms with Crippen LogP contribution < -0.4 is 9.64 Å². The number of nitrogens with zero attached hydrogens (tertiary/aromatic N) is 6. The van der Waals surface area contributed by atoms with Crippen molar-refractivity contribution in [3.8, 4) is 5.75 Å². The average molecular weight is 593 g/mol. The highest BCUT2D eigenvalue weighted by molar-refractivity contribution is 7.30. The molecule has 0 fully saturated rings. The third-order valence-corrected chi connectivity index (χ3v) is 7.80. The van der Waals surface area contributed by atoms with Gasteiger partial charge in [0.05, 0.1) is 22.0 Å². The maximum absolute atomic E-state index is 11.5. The standard InChI is InChI=1S/C29H32N6O4S2/c1-5-35(16-6-7-20(4)36)23-12-8-21(9-13-23)32-34-29-30-27-25(40-29)17-26(41-27)33-31-22-10-14-24(15-11-22)38-18-39-28(37)19(2)3/h8-15,17,19H,5-7,16,18H2,1-4H3. The van der Waals surface area contributed by atoms with E-state index in [0.717, 1.165) is 45.4 Å². The summed E-state index contributed by atoms with van der Waals surface area (Å²) in [6, 6.07) is 16.9. The van der Waals surface area contributed by atoms with Gasteiger partial charge in [-0.25, -0.2) is 4.98 Å². The van der Waals surface area contributed by atoms with Crippen LogP contribution in [0.4, 0.5) is 27.2 Å². The highest BCUT2D eigenvalue weighted by Gasteiger charge is 2.10. The van der Waals surface area contributed by atoms with E-state index in [1.54, 1.807) is 45.0 Å². The van der Waals surface area contributed by atoms with Crippen molar-refractivity contribution in [1.29, 1.82) is 0 Å². The minimum Gasteiger partial charge on any atom is -0.457 e. The lowest BCUT2D eigenvalue weighted by atomic mass is 10.2. The number of aromatic nitrogens is 1. The monoisotopic (exact) mass is 592 g/mol. The molecule has 12 heteroatoms. The second-order valence-electron chi connectivity index (χ2n) is 9.43. The summed E-state index contributed by atoms with van der Waals surface area (Å²) in [5, 5.41) is 18.6. The maximum atomic E-state index is 11.5. The number of Topliss-reactive ketones (excluding diaryl/α,β-unsaturated/α-hetero) is 1. The first-order chi connectivity index (χ1) is 19.8. The van der Waals surface area contributed by atoms with Crippen molar-refractivity contribution in [3.05, 3.63) is 54.6 Å². The number of benzene rings is 2. The van der Waals surface area contributed by atoms with Gasteiger partial charge in [-0.3, -0.25) is 4.79 Å². The molecule has 0 saturated carbocycles. The van der Waals surface area contributed by atoms with Gasteiger partial charge in [-0.15, -0.1) is 20.5 Å². The van der Waals surface area contributed by atoms with Gasteiger partial charge >= 0.3 is 5.97 Å². The van der Waals surface area contributed by atoms with Crippen LogP contribution in [0.15, 0.2) is 75.1 Å². The average Bonchev–Trinajstić information content (AvgIpc) is 3.52. The summed E-state index contributed by atoms with van der Waals surface area (Å²) in [5.41, 5.74) is 2.51. The van der Waals surface area contributed by atoms with Gasteiger partial charge in [0, 0.05) is 25.2 Å². The van der Waals surface area contributed by atoms with Gasteiger partial charge in [-0.1, -0.05) is 36.5 Å². The number of ether oxygens (including phenoxy) is 2. The van der Waals surface area contributed by atoms with Crippen molar-refractivity contribution in [2.75, 3.05) is 24.8 Å². The normalized spacial score (nSPS) is 11.6. The van der Waals surface area contributed by atoms with E-state index in [0.29, 0.717) is 23.0 Å². The highest BCUT2D eigenvalue weighted by Crippen LogP contribution is 2.39. The number of anilines is 1. The van der Waals surface area contributed by atoms with Crippen molar-refractivity contribution in [2.24, 2.45) is 26.4 Å². The van der Waals surface area contributed by atoms with Gasteiger partial charge in [-0.2, -0.15) is 0 Å². The molecular formula is C29H32N6O4S2. The molecule has 0 spiro atoms. The first-order valence-corrected chi connectivity index (χ1v) is 14.9. The Kier molecular flexibility index (Phi) is 10.6. The largest absolute Gasteiger partial charge is 0.457 e. The van der Waals surface area contributed by atoms with Crippen LogP contribution in [-0.2, 0) is 14.3 Å². The summed E-state index contributed by atoms with van der Waals surface area (Å²) in [7, 11) is 0. The fourth-order valence-electron chi connectivity index (χ4n) is 3.66. The second kappa shape index (κ2) is 14.6. The Morgan fingerprint density at radius 3 is 2.27 bits per heavy atom. The minimum atomic E-state index is -0.306. The smallest absolute Gasteiger partial charge is 0.311 e. The van der Waals surface area contributed by atoms with E-state index in [1.165, 1.54) is 22.7 Å². The molecule has 0 bridgehead atoms. The molecule has 0 aliphatic rings. The molecule has 214 valence electrons. The number of esters is 1. The van der Waals surface area contributed by atoms with Crippen molar-refractivity contribution >= 4 is 71.2 Å². The molecule has 2 heterocycles. The summed E-state index contributed by atoms with van der Waals surface area (Å²) in [5.74, 6) is 0.289. The van der Waals surface area contributed by atoms with Crippen LogP contribution in [0.2, 0.25) is 0 Å². The van der Waals surface area contributed by atoms with Crippen molar-refractivity contribution in [2.45, 2.75) is 40.5 Å². The predicted octanol–water partition coefficient (Wildman–Crippen LogP) is 8.92.